The van der Waals surface area contributed by atoms with Gasteiger partial charge in [0.25, 0.3) is 5.91 Å². The van der Waals surface area contributed by atoms with Crippen LogP contribution in [0.25, 0.3) is 0 Å². The monoisotopic (exact) mass is 298 g/mol. The van der Waals surface area contributed by atoms with E-state index >= 15 is 0 Å². The third kappa shape index (κ3) is 3.10. The Morgan fingerprint density at radius 3 is 2.14 bits per heavy atom. The average molecular weight is 298 g/mol. The lowest BCUT2D eigenvalue weighted by Crippen LogP contribution is -2.65. The lowest BCUT2D eigenvalue weighted by molar-refractivity contribution is -0.157. The van der Waals surface area contributed by atoms with Crippen LogP contribution >= 0.6 is 0 Å². The number of hydrogen-bond donors (Lipinski definition) is 2. The molecule has 2 heterocycles. The summed E-state index contributed by atoms with van der Waals surface area (Å²) < 4.78 is 6.33. The van der Waals surface area contributed by atoms with E-state index in [0.29, 0.717) is 25.8 Å². The predicted octanol–water partition coefficient (Wildman–Crippen LogP) is 1.64. The molecule has 5 heteroatoms. The highest BCUT2D eigenvalue weighted by Crippen LogP contribution is 2.47. The molecule has 0 bridgehead atoms. The molecule has 21 heavy (non-hydrogen) atoms. The molecular formula is C16H30N2O3. The first-order valence-electron chi connectivity index (χ1n) is 7.86. The summed E-state index contributed by atoms with van der Waals surface area (Å²) in [4.78, 5) is 14.9. The maximum Gasteiger partial charge on any atom is 0.257 e. The molecule has 2 aliphatic heterocycles. The van der Waals surface area contributed by atoms with E-state index in [9.17, 15) is 4.79 Å². The summed E-state index contributed by atoms with van der Waals surface area (Å²) >= 11 is 0. The number of nitrogens with one attached hydrogen (secondary N) is 1. The van der Waals surface area contributed by atoms with Crippen LogP contribution in [0.2, 0.25) is 0 Å². The number of aliphatic hydroxyl groups is 1. The van der Waals surface area contributed by atoms with Crippen molar-refractivity contribution >= 4 is 5.91 Å². The van der Waals surface area contributed by atoms with Gasteiger partial charge in [-0.05, 0) is 48.0 Å². The summed E-state index contributed by atoms with van der Waals surface area (Å²) in [5.74, 6) is 0.0728. The van der Waals surface area contributed by atoms with Crippen LogP contribution in [0.5, 0.6) is 0 Å². The first-order valence-corrected chi connectivity index (χ1v) is 7.86. The summed E-state index contributed by atoms with van der Waals surface area (Å²) in [7, 11) is 0. The molecule has 0 aromatic carbocycles. The van der Waals surface area contributed by atoms with Crippen LogP contribution < -0.4 is 5.32 Å². The Bertz CT molecular complexity index is 413. The largest absolute Gasteiger partial charge is 0.396 e. The summed E-state index contributed by atoms with van der Waals surface area (Å²) in [5.41, 5.74) is -1.67. The molecule has 0 atom stereocenters. The van der Waals surface area contributed by atoms with Crippen molar-refractivity contribution in [2.45, 2.75) is 83.2 Å². The van der Waals surface area contributed by atoms with E-state index < -0.39 is 11.3 Å². The van der Waals surface area contributed by atoms with Crippen molar-refractivity contribution < 1.29 is 14.6 Å². The van der Waals surface area contributed by atoms with Gasteiger partial charge in [-0.1, -0.05) is 0 Å². The first kappa shape index (κ1) is 16.7. The molecule has 0 unspecified atom stereocenters. The van der Waals surface area contributed by atoms with Crippen molar-refractivity contribution in [2.75, 3.05) is 13.2 Å². The van der Waals surface area contributed by atoms with Gasteiger partial charge in [0.2, 0.25) is 0 Å². The zero-order chi connectivity index (χ0) is 16.1. The Kier molecular flexibility index (Phi) is 3.93. The van der Waals surface area contributed by atoms with Crippen LogP contribution in [0.1, 0.15) is 60.8 Å². The van der Waals surface area contributed by atoms with Gasteiger partial charge in [0.15, 0.2) is 5.60 Å². The first-order chi connectivity index (χ1) is 9.43. The minimum atomic E-state index is -0.753. The molecule has 2 fully saturated rings. The molecule has 2 aliphatic rings. The summed E-state index contributed by atoms with van der Waals surface area (Å²) in [5, 5.41) is 12.7. The average Bonchev–Trinajstić information content (AvgIpc) is 2.39. The van der Waals surface area contributed by atoms with Crippen LogP contribution in [0.3, 0.4) is 0 Å². The highest BCUT2D eigenvalue weighted by atomic mass is 16.6. The Morgan fingerprint density at radius 2 is 1.67 bits per heavy atom. The second-order valence-corrected chi connectivity index (χ2v) is 8.32. The molecule has 1 amide bonds. The van der Waals surface area contributed by atoms with Crippen molar-refractivity contribution in [3.8, 4) is 0 Å². The molecule has 0 aromatic rings. The Hall–Kier alpha value is -0.650. The highest BCUT2D eigenvalue weighted by Gasteiger charge is 2.61. The fourth-order valence-corrected chi connectivity index (χ4v) is 4.39. The Morgan fingerprint density at radius 1 is 1.14 bits per heavy atom. The Balaban J connectivity index is 2.33. The molecule has 2 saturated heterocycles. The number of hydrogen-bond acceptors (Lipinski definition) is 4. The third-order valence-corrected chi connectivity index (χ3v) is 4.40. The van der Waals surface area contributed by atoms with Gasteiger partial charge in [-0.3, -0.25) is 4.79 Å². The summed E-state index contributed by atoms with van der Waals surface area (Å²) in [6.07, 6.45) is 1.92. The topological polar surface area (TPSA) is 61.8 Å². The minimum absolute atomic E-state index is 0.0728. The van der Waals surface area contributed by atoms with E-state index in [-0.39, 0.29) is 23.6 Å². The SMILES string of the molecule is CC1(C)CC2(CC(C)(C)N1)OC(C)(C)N(CCCO)C2=O. The van der Waals surface area contributed by atoms with Gasteiger partial charge in [0.1, 0.15) is 5.72 Å². The molecule has 2 rings (SSSR count). The number of carbonyl (C=O) groups excluding carboxylic acids is 1. The van der Waals surface area contributed by atoms with Crippen LogP contribution in [0.4, 0.5) is 0 Å². The van der Waals surface area contributed by atoms with Crippen LogP contribution in [-0.2, 0) is 9.53 Å². The lowest BCUT2D eigenvalue weighted by Gasteiger charge is -2.50. The lowest BCUT2D eigenvalue weighted by atomic mass is 9.72. The molecule has 122 valence electrons. The third-order valence-electron chi connectivity index (χ3n) is 4.40. The zero-order valence-electron chi connectivity index (χ0n) is 14.2. The minimum Gasteiger partial charge on any atom is -0.396 e. The standard InChI is InChI=1S/C16H30N2O3/c1-13(2)10-16(11-14(3,4)17-13)12(20)18(8-7-9-19)15(5,6)21-16/h17,19H,7-11H2,1-6H3. The maximum absolute atomic E-state index is 13.1. The highest BCUT2D eigenvalue weighted by molar-refractivity contribution is 5.88. The number of aliphatic hydroxyl groups excluding tert-OH is 1. The summed E-state index contributed by atoms with van der Waals surface area (Å²) in [6, 6.07) is 0. The van der Waals surface area contributed by atoms with Crippen molar-refractivity contribution in [3.05, 3.63) is 0 Å². The molecule has 1 spiro atoms. The second-order valence-electron chi connectivity index (χ2n) is 8.32. The molecular weight excluding hydrogens is 268 g/mol. The number of piperidine rings is 1. The number of rotatable bonds is 3. The van der Waals surface area contributed by atoms with Gasteiger partial charge in [0.05, 0.1) is 0 Å². The van der Waals surface area contributed by atoms with E-state index in [1.807, 2.05) is 13.8 Å². The molecule has 5 nitrogen and oxygen atoms in total. The van der Waals surface area contributed by atoms with E-state index in [1.54, 1.807) is 4.90 Å². The number of amides is 1. The van der Waals surface area contributed by atoms with Gasteiger partial charge < -0.3 is 20.1 Å². The van der Waals surface area contributed by atoms with E-state index in [0.717, 1.165) is 0 Å². The maximum atomic E-state index is 13.1. The predicted molar refractivity (Wildman–Crippen MR) is 81.8 cm³/mol. The van der Waals surface area contributed by atoms with Crippen molar-refractivity contribution in [1.29, 1.82) is 0 Å². The molecule has 0 saturated carbocycles. The quantitative estimate of drug-likeness (QED) is 0.831. The zero-order valence-corrected chi connectivity index (χ0v) is 14.2. The van der Waals surface area contributed by atoms with Gasteiger partial charge in [0, 0.05) is 37.1 Å². The fraction of sp³-hybridized carbons (Fsp3) is 0.938. The van der Waals surface area contributed by atoms with Gasteiger partial charge in [-0.25, -0.2) is 0 Å². The van der Waals surface area contributed by atoms with Crippen LogP contribution in [0.15, 0.2) is 0 Å². The molecule has 0 aliphatic carbocycles. The van der Waals surface area contributed by atoms with E-state index in [4.69, 9.17) is 9.84 Å². The van der Waals surface area contributed by atoms with Gasteiger partial charge in [-0.15, -0.1) is 0 Å². The molecule has 0 radical (unpaired) electrons. The fourth-order valence-electron chi connectivity index (χ4n) is 4.39. The van der Waals surface area contributed by atoms with Gasteiger partial charge in [-0.2, -0.15) is 0 Å². The van der Waals surface area contributed by atoms with Gasteiger partial charge >= 0.3 is 0 Å². The second kappa shape index (κ2) is 4.93. The van der Waals surface area contributed by atoms with Crippen molar-refractivity contribution in [1.82, 2.24) is 10.2 Å². The normalized spacial score (nSPS) is 29.1. The molecule has 2 N–H and O–H groups in total. The summed E-state index contributed by atoms with van der Waals surface area (Å²) in [6.45, 7) is 13.0. The number of carbonyl (C=O) groups is 1. The van der Waals surface area contributed by atoms with E-state index in [2.05, 4.69) is 33.0 Å². The Labute approximate surface area is 128 Å². The smallest absolute Gasteiger partial charge is 0.257 e. The number of nitrogens with zero attached hydrogens (tertiary/aromatic N) is 1. The van der Waals surface area contributed by atoms with Crippen LogP contribution in [-0.4, -0.2) is 51.5 Å². The van der Waals surface area contributed by atoms with E-state index in [1.165, 1.54) is 0 Å². The number of ether oxygens (including phenoxy) is 1. The van der Waals surface area contributed by atoms with Crippen LogP contribution in [0, 0.1) is 0 Å². The van der Waals surface area contributed by atoms with Crippen molar-refractivity contribution in [3.63, 3.8) is 0 Å². The van der Waals surface area contributed by atoms with Crippen molar-refractivity contribution in [2.24, 2.45) is 0 Å². The molecule has 0 aromatic heterocycles.